The van der Waals surface area contributed by atoms with Gasteiger partial charge in [0.05, 0.1) is 17.6 Å². The van der Waals surface area contributed by atoms with Gasteiger partial charge in [0.2, 0.25) is 5.71 Å². The molecule has 38 heavy (non-hydrogen) atoms. The molecule has 0 bridgehead atoms. The minimum Gasteiger partial charge on any atom is -0.456 e. The molecule has 0 radical (unpaired) electrons. The van der Waals surface area contributed by atoms with Crippen LogP contribution in [0.4, 0.5) is 5.69 Å². The van der Waals surface area contributed by atoms with Crippen molar-refractivity contribution in [2.75, 3.05) is 0 Å². The van der Waals surface area contributed by atoms with Crippen molar-refractivity contribution >= 4 is 60.9 Å². The van der Waals surface area contributed by atoms with Gasteiger partial charge in [-0.05, 0) is 70.8 Å². The topological polar surface area (TPSA) is 56.4 Å². The predicted molar refractivity (Wildman–Crippen MR) is 151 cm³/mol. The van der Waals surface area contributed by atoms with Crippen LogP contribution in [0.5, 0.6) is 0 Å². The van der Waals surface area contributed by atoms with E-state index >= 15 is 0 Å². The summed E-state index contributed by atoms with van der Waals surface area (Å²) in [6.45, 7) is 7.34. The lowest BCUT2D eigenvalue weighted by atomic mass is 9.98. The van der Waals surface area contributed by atoms with Crippen LogP contribution in [0, 0.1) is 6.57 Å². The Hall–Kier alpha value is -5.47. The van der Waals surface area contributed by atoms with E-state index < -0.39 is 0 Å². The van der Waals surface area contributed by atoms with Crippen molar-refractivity contribution in [1.82, 2.24) is 9.97 Å². The predicted octanol–water partition coefficient (Wildman–Crippen LogP) is 9.31. The van der Waals surface area contributed by atoms with Crippen LogP contribution in [0.1, 0.15) is 0 Å². The first-order valence-corrected chi connectivity index (χ1v) is 12.3. The van der Waals surface area contributed by atoms with Gasteiger partial charge in [0, 0.05) is 16.2 Å². The van der Waals surface area contributed by atoms with E-state index in [1.165, 1.54) is 0 Å². The maximum absolute atomic E-state index is 7.34. The molecule has 5 aromatic carbocycles. The molecule has 0 atom stereocenters. The smallest absolute Gasteiger partial charge is 0.246 e. The van der Waals surface area contributed by atoms with E-state index in [1.807, 2.05) is 48.5 Å². The molecule has 0 aliphatic carbocycles. The quantitative estimate of drug-likeness (QED) is 0.228. The molecule has 3 aromatic heterocycles. The molecule has 8 aromatic rings. The summed E-state index contributed by atoms with van der Waals surface area (Å²) in [4.78, 5) is 13.1. The van der Waals surface area contributed by atoms with Crippen LogP contribution in [-0.2, 0) is 0 Å². The summed E-state index contributed by atoms with van der Waals surface area (Å²) in [6.07, 6.45) is 0. The Kier molecular flexibility index (Phi) is 4.23. The number of fused-ring (bicyclic) bond motifs is 7. The van der Waals surface area contributed by atoms with E-state index in [4.69, 9.17) is 20.4 Å². The number of hydrogen-bond donors (Lipinski definition) is 0. The van der Waals surface area contributed by atoms with E-state index in [9.17, 15) is 0 Å². The summed E-state index contributed by atoms with van der Waals surface area (Å²) in [6, 6.07) is 34.3. The zero-order valence-electron chi connectivity index (χ0n) is 20.0. The monoisotopic (exact) mass is 487 g/mol. The second kappa shape index (κ2) is 7.76. The third-order valence-corrected chi connectivity index (χ3v) is 7.11. The lowest BCUT2D eigenvalue weighted by Gasteiger charge is -2.06. The van der Waals surface area contributed by atoms with Crippen LogP contribution in [-0.4, -0.2) is 9.97 Å². The van der Waals surface area contributed by atoms with Gasteiger partial charge in [-0.1, -0.05) is 54.6 Å². The summed E-state index contributed by atoms with van der Waals surface area (Å²) in [5.41, 5.74) is 10.4. The first kappa shape index (κ1) is 20.7. The number of para-hydroxylation sites is 2. The molecule has 0 unspecified atom stereocenters. The van der Waals surface area contributed by atoms with Gasteiger partial charge in [-0.15, -0.1) is 0 Å². The van der Waals surface area contributed by atoms with E-state index in [-0.39, 0.29) is 0 Å². The molecule has 0 aliphatic rings. The minimum atomic E-state index is 0.553. The zero-order valence-corrected chi connectivity index (χ0v) is 20.0. The lowest BCUT2D eigenvalue weighted by Crippen LogP contribution is -1.84. The first-order chi connectivity index (χ1) is 18.7. The van der Waals surface area contributed by atoms with E-state index in [0.717, 1.165) is 71.7 Å². The zero-order chi connectivity index (χ0) is 25.2. The molecule has 0 spiro atoms. The molecule has 5 heteroatoms. The van der Waals surface area contributed by atoms with E-state index in [1.54, 1.807) is 6.07 Å². The Morgan fingerprint density at radius 2 is 1.08 bits per heavy atom. The molecule has 0 N–H and O–H groups in total. The molecule has 3 heterocycles. The Morgan fingerprint density at radius 1 is 0.526 bits per heavy atom. The average molecular weight is 488 g/mol. The van der Waals surface area contributed by atoms with Crippen LogP contribution in [0.25, 0.3) is 82.3 Å². The number of benzene rings is 5. The normalized spacial score (nSPS) is 11.7. The second-order valence-corrected chi connectivity index (χ2v) is 9.36. The number of hydrogen-bond acceptors (Lipinski definition) is 4. The highest BCUT2D eigenvalue weighted by Gasteiger charge is 2.13. The number of furan rings is 2. The van der Waals surface area contributed by atoms with Crippen molar-refractivity contribution < 1.29 is 8.83 Å². The van der Waals surface area contributed by atoms with Crippen LogP contribution < -0.4 is 0 Å². The summed E-state index contributed by atoms with van der Waals surface area (Å²) in [5.74, 6) is 0. The van der Waals surface area contributed by atoms with Gasteiger partial charge >= 0.3 is 0 Å². The van der Waals surface area contributed by atoms with Gasteiger partial charge in [0.15, 0.2) is 5.69 Å². The summed E-state index contributed by atoms with van der Waals surface area (Å²) in [7, 11) is 0. The summed E-state index contributed by atoms with van der Waals surface area (Å²) < 4.78 is 12.0. The summed E-state index contributed by atoms with van der Waals surface area (Å²) >= 11 is 0. The van der Waals surface area contributed by atoms with Gasteiger partial charge < -0.3 is 8.83 Å². The van der Waals surface area contributed by atoms with E-state index in [0.29, 0.717) is 11.4 Å². The second-order valence-electron chi connectivity index (χ2n) is 9.36. The van der Waals surface area contributed by atoms with Gasteiger partial charge in [-0.2, -0.15) is 0 Å². The lowest BCUT2D eigenvalue weighted by molar-refractivity contribution is 0.655. The number of rotatable bonds is 2. The Labute approximate surface area is 216 Å². The molecular formula is C33H17N3O2. The van der Waals surface area contributed by atoms with Crippen molar-refractivity contribution in [3.8, 4) is 22.3 Å². The molecule has 0 saturated heterocycles. The van der Waals surface area contributed by atoms with Gasteiger partial charge in [-0.25, -0.2) is 14.8 Å². The maximum atomic E-state index is 7.34. The largest absolute Gasteiger partial charge is 0.456 e. The average Bonchev–Trinajstić information content (AvgIpc) is 3.52. The Bertz CT molecular complexity index is 2250. The molecule has 0 saturated carbocycles. The highest BCUT2D eigenvalue weighted by atomic mass is 16.3. The van der Waals surface area contributed by atoms with Crippen molar-refractivity contribution in [3.63, 3.8) is 0 Å². The fourth-order valence-electron chi connectivity index (χ4n) is 5.19. The van der Waals surface area contributed by atoms with Crippen LogP contribution >= 0.6 is 0 Å². The standard InChI is InChI=1S/C33H17N3O2/c1-34-23-12-15-30-25(18-23)24-16-21(10-13-29(24)37-30)19-6-8-20(9-7-19)22-11-14-31-26(17-22)32-33(38-31)36-28-5-3-2-4-27(28)35-32/h2-18H. The number of nitrogens with zero attached hydrogens (tertiary/aromatic N) is 3. The third kappa shape index (κ3) is 3.11. The fraction of sp³-hybridized carbons (Fsp3) is 0. The molecule has 0 amide bonds. The van der Waals surface area contributed by atoms with E-state index in [2.05, 4.69) is 58.4 Å². The van der Waals surface area contributed by atoms with Crippen LogP contribution in [0.15, 0.2) is 112 Å². The fourth-order valence-corrected chi connectivity index (χ4v) is 5.19. The third-order valence-electron chi connectivity index (χ3n) is 7.11. The highest BCUT2D eigenvalue weighted by Crippen LogP contribution is 2.36. The number of aromatic nitrogens is 2. The Morgan fingerprint density at radius 3 is 1.76 bits per heavy atom. The highest BCUT2D eigenvalue weighted by molar-refractivity contribution is 6.08. The van der Waals surface area contributed by atoms with Crippen molar-refractivity contribution in [2.45, 2.75) is 0 Å². The molecule has 176 valence electrons. The molecule has 8 rings (SSSR count). The molecule has 0 aliphatic heterocycles. The summed E-state index contributed by atoms with van der Waals surface area (Å²) in [5, 5.41) is 2.93. The first-order valence-electron chi connectivity index (χ1n) is 12.3. The van der Waals surface area contributed by atoms with Crippen LogP contribution in [0.2, 0.25) is 0 Å². The van der Waals surface area contributed by atoms with Crippen LogP contribution in [0.3, 0.4) is 0 Å². The van der Waals surface area contributed by atoms with Crippen molar-refractivity contribution in [2.24, 2.45) is 0 Å². The molecular weight excluding hydrogens is 470 g/mol. The van der Waals surface area contributed by atoms with Gasteiger partial charge in [0.1, 0.15) is 22.3 Å². The Balaban J connectivity index is 1.19. The maximum Gasteiger partial charge on any atom is 0.246 e. The SMILES string of the molecule is [C-]#[N+]c1ccc2oc3ccc(-c4ccc(-c5ccc6oc7nc8ccccc8nc7c6c5)cc4)cc3c2c1. The van der Waals surface area contributed by atoms with Gasteiger partial charge in [0.25, 0.3) is 0 Å². The minimum absolute atomic E-state index is 0.553. The molecule has 5 nitrogen and oxygen atoms in total. The van der Waals surface area contributed by atoms with Crippen molar-refractivity contribution in [3.05, 3.63) is 115 Å². The molecule has 0 fully saturated rings. The van der Waals surface area contributed by atoms with Crippen molar-refractivity contribution in [1.29, 1.82) is 0 Å². The van der Waals surface area contributed by atoms with Gasteiger partial charge in [-0.3, -0.25) is 0 Å².